The van der Waals surface area contributed by atoms with Gasteiger partial charge >= 0.3 is 0 Å². The second-order valence-corrected chi connectivity index (χ2v) is 6.74. The summed E-state index contributed by atoms with van der Waals surface area (Å²) in [5.41, 5.74) is 1.16. The Hall–Kier alpha value is -0.240. The molecule has 1 fully saturated rings. The van der Waals surface area contributed by atoms with Gasteiger partial charge in [0.15, 0.2) is 0 Å². The van der Waals surface area contributed by atoms with Crippen LogP contribution in [0, 0.1) is 11.8 Å². The first kappa shape index (κ1) is 15.2. The number of benzene rings is 1. The third kappa shape index (κ3) is 5.33. The van der Waals surface area contributed by atoms with E-state index in [9.17, 15) is 0 Å². The number of rotatable bonds is 5. The molecule has 0 aliphatic heterocycles. The minimum Gasteiger partial charge on any atom is -0.313 e. The molecule has 1 aliphatic rings. The van der Waals surface area contributed by atoms with Gasteiger partial charge in [-0.3, -0.25) is 0 Å². The first-order chi connectivity index (χ1) is 9.13. The maximum atomic E-state index is 5.99. The normalized spacial score (nSPS) is 23.5. The zero-order chi connectivity index (χ0) is 13.7. The highest BCUT2D eigenvalue weighted by atomic mass is 35.5. The van der Waals surface area contributed by atoms with Crippen molar-refractivity contribution >= 4 is 23.2 Å². The van der Waals surface area contributed by atoms with Gasteiger partial charge in [-0.25, -0.2) is 0 Å². The van der Waals surface area contributed by atoms with Gasteiger partial charge in [0, 0.05) is 16.6 Å². The maximum absolute atomic E-state index is 5.99. The lowest BCUT2D eigenvalue weighted by Gasteiger charge is -2.26. The molecule has 0 spiro atoms. The van der Waals surface area contributed by atoms with Crippen LogP contribution in [0.3, 0.4) is 0 Å². The molecule has 0 heterocycles. The van der Waals surface area contributed by atoms with E-state index in [1.165, 1.54) is 32.1 Å². The van der Waals surface area contributed by atoms with E-state index in [4.69, 9.17) is 23.2 Å². The topological polar surface area (TPSA) is 12.0 Å². The quantitative estimate of drug-likeness (QED) is 0.728. The standard InChI is InChI=1S/C16H23Cl2N/c1-12-2-4-13(5-3-12)6-7-19-11-14-8-15(17)10-16(18)9-14/h8-10,12-13,19H,2-7,11H2,1H3. The maximum Gasteiger partial charge on any atom is 0.0424 e. The van der Waals surface area contributed by atoms with Crippen molar-refractivity contribution in [3.05, 3.63) is 33.8 Å². The largest absolute Gasteiger partial charge is 0.313 e. The second-order valence-electron chi connectivity index (χ2n) is 5.87. The van der Waals surface area contributed by atoms with Crippen molar-refractivity contribution in [2.24, 2.45) is 11.8 Å². The van der Waals surface area contributed by atoms with Crippen LogP contribution in [0.1, 0.15) is 44.6 Å². The Balaban J connectivity index is 1.66. The summed E-state index contributed by atoms with van der Waals surface area (Å²) in [6.07, 6.45) is 6.93. The van der Waals surface area contributed by atoms with Crippen molar-refractivity contribution in [2.45, 2.75) is 45.6 Å². The minimum atomic E-state index is 0.713. The number of nitrogens with one attached hydrogen (secondary N) is 1. The van der Waals surface area contributed by atoms with Gasteiger partial charge in [0.05, 0.1) is 0 Å². The first-order valence-electron chi connectivity index (χ1n) is 7.29. The summed E-state index contributed by atoms with van der Waals surface area (Å²) >= 11 is 12.0. The molecule has 1 aromatic rings. The predicted octanol–water partition coefficient (Wildman–Crippen LogP) is 5.30. The summed E-state index contributed by atoms with van der Waals surface area (Å²) < 4.78 is 0. The van der Waals surface area contributed by atoms with Crippen molar-refractivity contribution in [1.82, 2.24) is 5.32 Å². The van der Waals surface area contributed by atoms with Crippen molar-refractivity contribution in [1.29, 1.82) is 0 Å². The molecule has 1 saturated carbocycles. The fraction of sp³-hybridized carbons (Fsp3) is 0.625. The number of halogens is 2. The fourth-order valence-corrected chi connectivity index (χ4v) is 3.44. The fourth-order valence-electron chi connectivity index (χ4n) is 2.87. The van der Waals surface area contributed by atoms with Gasteiger partial charge in [-0.05, 0) is 48.6 Å². The molecular weight excluding hydrogens is 277 g/mol. The van der Waals surface area contributed by atoms with Crippen LogP contribution in [-0.2, 0) is 6.54 Å². The van der Waals surface area contributed by atoms with E-state index >= 15 is 0 Å². The lowest BCUT2D eigenvalue weighted by Crippen LogP contribution is -2.20. The molecule has 0 unspecified atom stereocenters. The smallest absolute Gasteiger partial charge is 0.0424 e. The van der Waals surface area contributed by atoms with Crippen molar-refractivity contribution in [3.63, 3.8) is 0 Å². The highest BCUT2D eigenvalue weighted by Crippen LogP contribution is 2.30. The minimum absolute atomic E-state index is 0.713. The molecule has 0 atom stereocenters. The molecule has 3 heteroatoms. The Bertz CT molecular complexity index is 377. The molecule has 1 nitrogen and oxygen atoms in total. The highest BCUT2D eigenvalue weighted by Gasteiger charge is 2.17. The molecule has 0 bridgehead atoms. The van der Waals surface area contributed by atoms with E-state index in [1.54, 1.807) is 6.07 Å². The summed E-state index contributed by atoms with van der Waals surface area (Å²) in [5.74, 6) is 1.87. The predicted molar refractivity (Wildman–Crippen MR) is 83.9 cm³/mol. The van der Waals surface area contributed by atoms with Gasteiger partial charge in [0.25, 0.3) is 0 Å². The van der Waals surface area contributed by atoms with Gasteiger partial charge in [-0.2, -0.15) is 0 Å². The van der Waals surface area contributed by atoms with Crippen LogP contribution in [0.15, 0.2) is 18.2 Å². The molecular formula is C16H23Cl2N. The second kappa shape index (κ2) is 7.52. The van der Waals surface area contributed by atoms with Crippen molar-refractivity contribution in [2.75, 3.05) is 6.54 Å². The summed E-state index contributed by atoms with van der Waals surface area (Å²) in [4.78, 5) is 0. The molecule has 0 saturated heterocycles. The Morgan fingerprint density at radius 2 is 1.68 bits per heavy atom. The van der Waals surface area contributed by atoms with E-state index in [0.717, 1.165) is 30.5 Å². The van der Waals surface area contributed by atoms with Gasteiger partial charge in [0.2, 0.25) is 0 Å². The number of hydrogen-bond acceptors (Lipinski definition) is 1. The SMILES string of the molecule is CC1CCC(CCNCc2cc(Cl)cc(Cl)c2)CC1. The summed E-state index contributed by atoms with van der Waals surface area (Å²) in [5, 5.41) is 4.92. The Labute approximate surface area is 126 Å². The van der Waals surface area contributed by atoms with Gasteiger partial charge in [-0.1, -0.05) is 55.8 Å². The summed E-state index contributed by atoms with van der Waals surface area (Å²) in [7, 11) is 0. The molecule has 1 aromatic carbocycles. The third-order valence-corrected chi connectivity index (χ3v) is 4.55. The molecule has 106 valence electrons. The van der Waals surface area contributed by atoms with Gasteiger partial charge < -0.3 is 5.32 Å². The Kier molecular flexibility index (Phi) is 6.00. The molecule has 19 heavy (non-hydrogen) atoms. The van der Waals surface area contributed by atoms with Crippen LogP contribution < -0.4 is 5.32 Å². The third-order valence-electron chi connectivity index (χ3n) is 4.12. The Morgan fingerprint density at radius 3 is 2.32 bits per heavy atom. The molecule has 0 amide bonds. The van der Waals surface area contributed by atoms with Gasteiger partial charge in [0.1, 0.15) is 0 Å². The van der Waals surface area contributed by atoms with Crippen molar-refractivity contribution < 1.29 is 0 Å². The van der Waals surface area contributed by atoms with Crippen LogP contribution in [0.5, 0.6) is 0 Å². The molecule has 1 aliphatic carbocycles. The summed E-state index contributed by atoms with van der Waals surface area (Å²) in [6, 6.07) is 5.72. The van der Waals surface area contributed by atoms with E-state index in [0.29, 0.717) is 10.0 Å². The highest BCUT2D eigenvalue weighted by molar-refractivity contribution is 6.34. The van der Waals surface area contributed by atoms with Crippen LogP contribution in [0.2, 0.25) is 10.0 Å². The van der Waals surface area contributed by atoms with E-state index in [1.807, 2.05) is 12.1 Å². The van der Waals surface area contributed by atoms with Gasteiger partial charge in [-0.15, -0.1) is 0 Å². The zero-order valence-electron chi connectivity index (χ0n) is 11.6. The average molecular weight is 300 g/mol. The van der Waals surface area contributed by atoms with Crippen LogP contribution in [0.25, 0.3) is 0 Å². The zero-order valence-corrected chi connectivity index (χ0v) is 13.1. The van der Waals surface area contributed by atoms with E-state index in [-0.39, 0.29) is 0 Å². The van der Waals surface area contributed by atoms with Crippen LogP contribution >= 0.6 is 23.2 Å². The first-order valence-corrected chi connectivity index (χ1v) is 8.05. The molecule has 2 rings (SSSR count). The van der Waals surface area contributed by atoms with Crippen LogP contribution in [0.4, 0.5) is 0 Å². The van der Waals surface area contributed by atoms with Crippen molar-refractivity contribution in [3.8, 4) is 0 Å². The lowest BCUT2D eigenvalue weighted by molar-refractivity contribution is 0.275. The molecule has 1 N–H and O–H groups in total. The Morgan fingerprint density at radius 1 is 1.05 bits per heavy atom. The number of hydrogen-bond donors (Lipinski definition) is 1. The summed E-state index contributed by atoms with van der Waals surface area (Å²) in [6.45, 7) is 4.31. The van der Waals surface area contributed by atoms with E-state index in [2.05, 4.69) is 12.2 Å². The van der Waals surface area contributed by atoms with E-state index < -0.39 is 0 Å². The van der Waals surface area contributed by atoms with Crippen LogP contribution in [-0.4, -0.2) is 6.54 Å². The molecule has 0 aromatic heterocycles. The molecule has 0 radical (unpaired) electrons. The average Bonchev–Trinajstić information content (AvgIpc) is 2.36. The lowest BCUT2D eigenvalue weighted by atomic mass is 9.81. The monoisotopic (exact) mass is 299 g/mol.